The predicted molar refractivity (Wildman–Crippen MR) is 262 cm³/mol. The molecule has 4 aromatic carbocycles. The summed E-state index contributed by atoms with van der Waals surface area (Å²) in [6, 6.07) is 33.8. The highest BCUT2D eigenvalue weighted by Gasteiger charge is 2.24. The molecule has 6 aromatic rings. The van der Waals surface area contributed by atoms with Crippen molar-refractivity contribution in [3.8, 4) is 16.8 Å². The van der Waals surface area contributed by atoms with E-state index in [-0.39, 0.29) is 0 Å². The van der Waals surface area contributed by atoms with Crippen LogP contribution in [0, 0.1) is 6.92 Å². The van der Waals surface area contributed by atoms with Crippen molar-refractivity contribution in [2.24, 2.45) is 0 Å². The van der Waals surface area contributed by atoms with Gasteiger partial charge in [-0.2, -0.15) is 0 Å². The molecule has 0 amide bonds. The Morgan fingerprint density at radius 1 is 0.700 bits per heavy atom. The minimum atomic E-state index is 0.882. The Morgan fingerprint density at radius 3 is 2.32 bits per heavy atom. The fraction of sp³-hybridized carbons (Fsp3) is 0.138. The van der Waals surface area contributed by atoms with Gasteiger partial charge in [-0.3, -0.25) is 0 Å². The lowest BCUT2D eigenvalue weighted by atomic mass is 9.95. The highest BCUT2D eigenvalue weighted by Crippen LogP contribution is 2.41. The predicted octanol–water partition coefficient (Wildman–Crippen LogP) is 15.9. The summed E-state index contributed by atoms with van der Waals surface area (Å²) >= 11 is 0. The first-order valence-electron chi connectivity index (χ1n) is 21.4. The maximum absolute atomic E-state index is 2.53. The van der Waals surface area contributed by atoms with Gasteiger partial charge in [0.2, 0.25) is 0 Å². The van der Waals surface area contributed by atoms with Crippen molar-refractivity contribution in [1.82, 2.24) is 9.13 Å². The van der Waals surface area contributed by atoms with Crippen molar-refractivity contribution >= 4 is 45.2 Å². The summed E-state index contributed by atoms with van der Waals surface area (Å²) in [5.41, 5.74) is 17.2. The molecule has 0 saturated carbocycles. The number of rotatable bonds is 10. The van der Waals surface area contributed by atoms with Crippen LogP contribution in [-0.2, 0) is 6.42 Å². The van der Waals surface area contributed by atoms with E-state index in [1.807, 2.05) is 6.92 Å². The van der Waals surface area contributed by atoms with Crippen molar-refractivity contribution < 1.29 is 0 Å². The maximum atomic E-state index is 2.53. The summed E-state index contributed by atoms with van der Waals surface area (Å²) in [4.78, 5) is 0. The van der Waals surface area contributed by atoms with E-state index in [1.54, 1.807) is 0 Å². The Balaban J connectivity index is 1.31. The van der Waals surface area contributed by atoms with E-state index in [1.165, 1.54) is 83.4 Å². The Kier molecular flexibility index (Phi) is 12.5. The zero-order valence-corrected chi connectivity index (χ0v) is 35.4. The first kappa shape index (κ1) is 39.9. The lowest BCUT2D eigenvalue weighted by molar-refractivity contribution is 0.888. The molecule has 0 bridgehead atoms. The van der Waals surface area contributed by atoms with Crippen LogP contribution in [0.25, 0.3) is 62.0 Å². The lowest BCUT2D eigenvalue weighted by Crippen LogP contribution is -2.04. The molecular weight excluding hydrogens is 725 g/mol. The second kappa shape index (κ2) is 18.8. The molecule has 0 aliphatic heterocycles. The molecule has 0 unspecified atom stereocenters. The molecule has 0 radical (unpaired) electrons. The van der Waals surface area contributed by atoms with E-state index in [0.717, 1.165) is 31.4 Å². The summed E-state index contributed by atoms with van der Waals surface area (Å²) in [6.45, 7) is 8.76. The minimum Gasteiger partial charge on any atom is -0.313 e. The number of nitrogens with zero attached hydrogens (tertiary/aromatic N) is 2. The van der Waals surface area contributed by atoms with Gasteiger partial charge in [-0.25, -0.2) is 0 Å². The Morgan fingerprint density at radius 2 is 1.48 bits per heavy atom. The average molecular weight is 779 g/mol. The molecular formula is C58H54N2. The molecule has 2 heteroatoms. The Bertz CT molecular complexity index is 2880. The van der Waals surface area contributed by atoms with Crippen molar-refractivity contribution in [3.63, 3.8) is 0 Å². The quantitative estimate of drug-likeness (QED) is 0.123. The molecule has 2 heterocycles. The SMILES string of the molecule is C/C=C\C=C/CC=Cc1cc(-c2ccccc2)cc(-n2c3c(c4cc(/C(=C/CC)c5c(C)c6ccccc6n5C5=C/C(C)=C\C=C/C=C\C=C\C=C\5)ccc42)C=CCC3)c1. The number of hydrogen-bond donors (Lipinski definition) is 0. The summed E-state index contributed by atoms with van der Waals surface area (Å²) in [5.74, 6) is 0. The van der Waals surface area contributed by atoms with E-state index in [0.29, 0.717) is 0 Å². The van der Waals surface area contributed by atoms with Gasteiger partial charge in [0.05, 0.1) is 16.7 Å². The Hall–Kier alpha value is -6.90. The fourth-order valence-corrected chi connectivity index (χ4v) is 8.59. The Labute approximate surface area is 356 Å². The van der Waals surface area contributed by atoms with E-state index in [2.05, 4.69) is 236 Å². The summed E-state index contributed by atoms with van der Waals surface area (Å²) in [6.07, 6.45) is 45.3. The van der Waals surface area contributed by atoms with E-state index >= 15 is 0 Å². The van der Waals surface area contributed by atoms with Crippen LogP contribution in [0.15, 0.2) is 200 Å². The van der Waals surface area contributed by atoms with Gasteiger partial charge < -0.3 is 9.13 Å². The second-order valence-corrected chi connectivity index (χ2v) is 15.5. The van der Waals surface area contributed by atoms with Crippen molar-refractivity contribution in [2.75, 3.05) is 0 Å². The molecule has 0 atom stereocenters. The van der Waals surface area contributed by atoms with Gasteiger partial charge in [0.15, 0.2) is 0 Å². The number of aryl methyl sites for hydroxylation is 1. The van der Waals surface area contributed by atoms with Crippen molar-refractivity contribution in [3.05, 3.63) is 234 Å². The van der Waals surface area contributed by atoms with Crippen LogP contribution in [0.2, 0.25) is 0 Å². The first-order chi connectivity index (χ1) is 29.6. The topological polar surface area (TPSA) is 9.86 Å². The minimum absolute atomic E-state index is 0.882. The highest BCUT2D eigenvalue weighted by molar-refractivity contribution is 6.00. The molecule has 2 aliphatic rings. The zero-order valence-electron chi connectivity index (χ0n) is 35.4. The van der Waals surface area contributed by atoms with Gasteiger partial charge >= 0.3 is 0 Å². The standard InChI is InChI=1S/C58H54N2/c1-5-7-8-9-14-18-28-45-39-48(46-29-19-16-20-30-46)41-50(40-45)59-56-35-25-23-33-53(56)54-42-47(36-37-57(54)59)52(26-6-2)58-44(4)51-32-22-24-34-55(51)60(58)49-31-21-15-12-10-11-13-17-27-43(3)38-49/h5,7-13,15-24,26-34,36-42H,6,14,25,35H2,1-4H3/b7-5-,9-8-,11-10-,12-10?,13-11?,15-12+,17-13-,21-15?,27-17?,28-18?,31-21+,43-27-,43-38?,49-31?,49-38+,52-26-. The number of aromatic nitrogens is 2. The molecule has 0 spiro atoms. The third kappa shape index (κ3) is 8.46. The molecule has 2 nitrogen and oxygen atoms in total. The third-order valence-corrected chi connectivity index (χ3v) is 11.3. The lowest BCUT2D eigenvalue weighted by Gasteiger charge is -2.18. The zero-order chi connectivity index (χ0) is 41.3. The average Bonchev–Trinajstić information content (AvgIpc) is 3.76. The number of allylic oxidation sites excluding steroid dienone is 19. The smallest absolute Gasteiger partial charge is 0.0572 e. The molecule has 296 valence electrons. The van der Waals surface area contributed by atoms with Crippen molar-refractivity contribution in [1.29, 1.82) is 0 Å². The number of para-hydroxylation sites is 1. The highest BCUT2D eigenvalue weighted by atomic mass is 15.0. The molecule has 0 fully saturated rings. The van der Waals surface area contributed by atoms with Crippen LogP contribution < -0.4 is 0 Å². The van der Waals surface area contributed by atoms with E-state index in [9.17, 15) is 0 Å². The van der Waals surface area contributed by atoms with Crippen molar-refractivity contribution in [2.45, 2.75) is 53.4 Å². The molecule has 60 heavy (non-hydrogen) atoms. The number of fused-ring (bicyclic) bond motifs is 4. The summed E-state index contributed by atoms with van der Waals surface area (Å²) in [5, 5.41) is 2.55. The third-order valence-electron chi connectivity index (χ3n) is 11.3. The molecule has 0 saturated heterocycles. The monoisotopic (exact) mass is 778 g/mol. The van der Waals surface area contributed by atoms with E-state index in [4.69, 9.17) is 0 Å². The van der Waals surface area contributed by atoms with E-state index < -0.39 is 0 Å². The largest absolute Gasteiger partial charge is 0.313 e. The molecule has 0 N–H and O–H groups in total. The van der Waals surface area contributed by atoms with Gasteiger partial charge in [0.25, 0.3) is 0 Å². The maximum Gasteiger partial charge on any atom is 0.0572 e. The van der Waals surface area contributed by atoms with Gasteiger partial charge in [-0.05, 0) is 128 Å². The first-order valence-corrected chi connectivity index (χ1v) is 21.4. The van der Waals surface area contributed by atoms with Crippen LogP contribution in [0.4, 0.5) is 0 Å². The van der Waals surface area contributed by atoms with Gasteiger partial charge in [0.1, 0.15) is 0 Å². The van der Waals surface area contributed by atoms with Crippen LogP contribution in [0.1, 0.15) is 73.7 Å². The summed E-state index contributed by atoms with van der Waals surface area (Å²) in [7, 11) is 0. The molecule has 2 aliphatic carbocycles. The van der Waals surface area contributed by atoms with Crippen LogP contribution in [0.3, 0.4) is 0 Å². The fourth-order valence-electron chi connectivity index (χ4n) is 8.59. The van der Waals surface area contributed by atoms with Gasteiger partial charge in [-0.15, -0.1) is 0 Å². The van der Waals surface area contributed by atoms with Gasteiger partial charge in [0, 0.05) is 39.0 Å². The van der Waals surface area contributed by atoms with Crippen LogP contribution in [0.5, 0.6) is 0 Å². The van der Waals surface area contributed by atoms with Gasteiger partial charge in [-0.1, -0.05) is 165 Å². The molecule has 8 rings (SSSR count). The molecule has 2 aromatic heterocycles. The second-order valence-electron chi connectivity index (χ2n) is 15.5. The normalized spacial score (nSPS) is 18.6. The number of hydrogen-bond acceptors (Lipinski definition) is 0. The van der Waals surface area contributed by atoms with Crippen LogP contribution in [-0.4, -0.2) is 9.13 Å². The number of benzene rings is 4. The summed E-state index contributed by atoms with van der Waals surface area (Å²) < 4.78 is 5.01. The van der Waals surface area contributed by atoms with Crippen LogP contribution >= 0.6 is 0 Å².